The highest BCUT2D eigenvalue weighted by Gasteiger charge is 2.29. The molecule has 4 rings (SSSR count). The van der Waals surface area contributed by atoms with Gasteiger partial charge in [-0.2, -0.15) is 0 Å². The Kier molecular flexibility index (Phi) is 6.93. The molecule has 0 spiro atoms. The number of benzene rings is 2. The summed E-state index contributed by atoms with van der Waals surface area (Å²) in [6, 6.07) is 16.0. The Balaban J connectivity index is 1.34. The van der Waals surface area contributed by atoms with Crippen molar-refractivity contribution in [2.45, 2.75) is 32.4 Å². The van der Waals surface area contributed by atoms with Gasteiger partial charge in [0.25, 0.3) is 5.91 Å². The van der Waals surface area contributed by atoms with Crippen molar-refractivity contribution in [3.8, 4) is 11.1 Å². The molecule has 176 valence electrons. The molecule has 2 aromatic carbocycles. The smallest absolute Gasteiger partial charge is 0.407 e. The lowest BCUT2D eigenvalue weighted by molar-refractivity contribution is -0.138. The molecule has 2 N–H and O–H groups in total. The van der Waals surface area contributed by atoms with Gasteiger partial charge in [-0.1, -0.05) is 48.5 Å². The van der Waals surface area contributed by atoms with Crippen molar-refractivity contribution >= 4 is 29.3 Å². The molecule has 0 atom stereocenters. The molecule has 3 aromatic rings. The Labute approximate surface area is 201 Å². The fourth-order valence-electron chi connectivity index (χ4n) is 4.06. The number of hydrogen-bond donors (Lipinski definition) is 2. The minimum atomic E-state index is -1.08. The van der Waals surface area contributed by atoms with E-state index in [4.69, 9.17) is 9.84 Å². The quantitative estimate of drug-likeness (QED) is 0.503. The highest BCUT2D eigenvalue weighted by molar-refractivity contribution is 7.13. The highest BCUT2D eigenvalue weighted by Crippen LogP contribution is 2.44. The number of fused-ring (bicyclic) bond motifs is 3. The Morgan fingerprint density at radius 3 is 2.29 bits per heavy atom. The maximum Gasteiger partial charge on any atom is 0.407 e. The average molecular weight is 480 g/mol. The molecule has 0 unspecified atom stereocenters. The molecule has 2 amide bonds. The summed E-state index contributed by atoms with van der Waals surface area (Å²) in [6.07, 6.45) is 0.832. The number of amides is 2. The van der Waals surface area contributed by atoms with Gasteiger partial charge >= 0.3 is 12.1 Å². The van der Waals surface area contributed by atoms with Crippen LogP contribution >= 0.6 is 11.3 Å². The zero-order valence-electron chi connectivity index (χ0n) is 18.9. The maximum absolute atomic E-state index is 12.6. The first kappa shape index (κ1) is 23.4. The van der Waals surface area contributed by atoms with E-state index in [2.05, 4.69) is 34.6 Å². The van der Waals surface area contributed by atoms with Crippen LogP contribution in [0.3, 0.4) is 0 Å². The lowest BCUT2D eigenvalue weighted by Gasteiger charge is -2.23. The van der Waals surface area contributed by atoms with E-state index in [1.54, 1.807) is 13.8 Å². The van der Waals surface area contributed by atoms with Gasteiger partial charge in [-0.05, 0) is 36.1 Å². The van der Waals surface area contributed by atoms with Crippen LogP contribution in [0, 0.1) is 0 Å². The summed E-state index contributed by atoms with van der Waals surface area (Å²) in [7, 11) is 0. The van der Waals surface area contributed by atoms with Crippen LogP contribution in [-0.2, 0) is 16.1 Å². The first-order valence-electron chi connectivity index (χ1n) is 10.9. The second kappa shape index (κ2) is 10.0. The van der Waals surface area contributed by atoms with Gasteiger partial charge in [0.05, 0.1) is 12.7 Å². The number of hydrogen-bond acceptors (Lipinski definition) is 6. The molecule has 0 aliphatic heterocycles. The first-order chi connectivity index (χ1) is 16.3. The zero-order valence-corrected chi connectivity index (χ0v) is 19.7. The second-order valence-corrected chi connectivity index (χ2v) is 9.33. The van der Waals surface area contributed by atoms with Crippen molar-refractivity contribution in [2.24, 2.45) is 0 Å². The van der Waals surface area contributed by atoms with Gasteiger partial charge in [0, 0.05) is 12.0 Å². The average Bonchev–Trinajstić information content (AvgIpc) is 3.42. The first-order valence-corrected chi connectivity index (χ1v) is 11.7. The summed E-state index contributed by atoms with van der Waals surface area (Å²) < 4.78 is 5.52. The molecule has 0 bridgehead atoms. The molecule has 0 fully saturated rings. The minimum Gasteiger partial charge on any atom is -0.480 e. The Morgan fingerprint density at radius 1 is 1.09 bits per heavy atom. The van der Waals surface area contributed by atoms with Crippen LogP contribution in [0.25, 0.3) is 11.1 Å². The van der Waals surface area contributed by atoms with E-state index < -0.39 is 18.0 Å². The molecule has 9 heteroatoms. The van der Waals surface area contributed by atoms with Gasteiger partial charge in [-0.25, -0.2) is 9.78 Å². The number of aliphatic carboxylic acids is 1. The number of rotatable bonds is 8. The van der Waals surface area contributed by atoms with Crippen LogP contribution in [0.5, 0.6) is 0 Å². The summed E-state index contributed by atoms with van der Waals surface area (Å²) >= 11 is 1.12. The van der Waals surface area contributed by atoms with Crippen molar-refractivity contribution < 1.29 is 24.2 Å². The number of alkyl carbamates (subject to hydrolysis) is 1. The Hall–Kier alpha value is -3.72. The fraction of sp³-hybridized carbons (Fsp3) is 0.280. The lowest BCUT2D eigenvalue weighted by Crippen LogP contribution is -2.40. The summed E-state index contributed by atoms with van der Waals surface area (Å²) in [5.74, 6) is -1.51. The van der Waals surface area contributed by atoms with E-state index in [1.165, 1.54) is 11.1 Å². The zero-order chi connectivity index (χ0) is 24.2. The van der Waals surface area contributed by atoms with Crippen LogP contribution in [0.1, 0.15) is 45.6 Å². The number of aromatic nitrogens is 1. The minimum absolute atomic E-state index is 0.0292. The third-order valence-electron chi connectivity index (χ3n) is 5.68. The Morgan fingerprint density at radius 2 is 1.71 bits per heavy atom. The molecular weight excluding hydrogens is 454 g/mol. The summed E-state index contributed by atoms with van der Waals surface area (Å²) in [6.45, 7) is 3.43. The van der Waals surface area contributed by atoms with Crippen molar-refractivity contribution in [2.75, 3.05) is 13.2 Å². The van der Waals surface area contributed by atoms with Crippen LogP contribution in [-0.4, -0.2) is 52.2 Å². The number of thiazole rings is 1. The molecule has 1 aliphatic rings. The van der Waals surface area contributed by atoms with Crippen molar-refractivity contribution in [3.63, 3.8) is 0 Å². The molecule has 0 saturated heterocycles. The van der Waals surface area contributed by atoms with Gasteiger partial charge in [0.1, 0.15) is 23.0 Å². The molecular formula is C25H25N3O5S. The van der Waals surface area contributed by atoms with Crippen LogP contribution in [0.2, 0.25) is 0 Å². The van der Waals surface area contributed by atoms with Gasteiger partial charge in [0.15, 0.2) is 0 Å². The number of carboxylic acids is 1. The van der Waals surface area contributed by atoms with Crippen molar-refractivity contribution in [1.82, 2.24) is 15.2 Å². The predicted octanol–water partition coefficient (Wildman–Crippen LogP) is 4.12. The molecule has 0 saturated carbocycles. The van der Waals surface area contributed by atoms with Crippen LogP contribution in [0.4, 0.5) is 4.79 Å². The van der Waals surface area contributed by atoms with Gasteiger partial charge in [-0.3, -0.25) is 9.59 Å². The molecule has 8 nitrogen and oxygen atoms in total. The molecule has 0 radical (unpaired) electrons. The SMILES string of the molecule is CC(C)N(CC(=O)O)C(=O)c1cnc(CNC(=O)OCC2c3ccccc3-c3ccccc32)s1. The van der Waals surface area contributed by atoms with Gasteiger partial charge < -0.3 is 20.1 Å². The highest BCUT2D eigenvalue weighted by atomic mass is 32.1. The lowest BCUT2D eigenvalue weighted by atomic mass is 9.98. The topological polar surface area (TPSA) is 109 Å². The van der Waals surface area contributed by atoms with Crippen molar-refractivity contribution in [3.05, 3.63) is 75.7 Å². The van der Waals surface area contributed by atoms with E-state index in [1.807, 2.05) is 24.3 Å². The third kappa shape index (κ3) is 4.94. The maximum atomic E-state index is 12.6. The monoisotopic (exact) mass is 479 g/mol. The van der Waals surface area contributed by atoms with Crippen LogP contribution < -0.4 is 5.32 Å². The second-order valence-electron chi connectivity index (χ2n) is 8.22. The molecule has 1 aliphatic carbocycles. The summed E-state index contributed by atoms with van der Waals surface area (Å²) in [5, 5.41) is 12.2. The molecule has 34 heavy (non-hydrogen) atoms. The number of nitrogens with zero attached hydrogens (tertiary/aromatic N) is 2. The van der Waals surface area contributed by atoms with Crippen LogP contribution in [0.15, 0.2) is 54.7 Å². The number of carbonyl (C=O) groups is 3. The van der Waals surface area contributed by atoms with Gasteiger partial charge in [0.2, 0.25) is 0 Å². The van der Waals surface area contributed by atoms with E-state index in [-0.39, 0.29) is 31.7 Å². The number of nitrogens with one attached hydrogen (secondary N) is 1. The Bertz CT molecular complexity index is 1180. The fourth-order valence-corrected chi connectivity index (χ4v) is 4.88. The standard InChI is InChI=1S/C25H25N3O5S/c1-15(2)28(13-23(29)30)24(31)21-11-26-22(34-21)12-27-25(32)33-14-20-18-9-5-3-7-16(18)17-8-4-6-10-19(17)20/h3-11,15,20H,12-14H2,1-2H3,(H,27,32)(H,29,30). The summed E-state index contributed by atoms with van der Waals surface area (Å²) in [4.78, 5) is 41.8. The van der Waals surface area contributed by atoms with E-state index >= 15 is 0 Å². The van der Waals surface area contributed by atoms with Crippen molar-refractivity contribution in [1.29, 1.82) is 0 Å². The number of ether oxygens (including phenoxy) is 1. The third-order valence-corrected chi connectivity index (χ3v) is 6.67. The van der Waals surface area contributed by atoms with E-state index in [0.717, 1.165) is 33.6 Å². The predicted molar refractivity (Wildman–Crippen MR) is 128 cm³/mol. The normalized spacial score (nSPS) is 12.2. The number of carbonyl (C=O) groups excluding carboxylic acids is 2. The number of carboxylic acid groups (broad SMARTS) is 1. The summed E-state index contributed by atoms with van der Waals surface area (Å²) in [5.41, 5.74) is 4.59. The largest absolute Gasteiger partial charge is 0.480 e. The molecule has 1 aromatic heterocycles. The molecule has 1 heterocycles. The van der Waals surface area contributed by atoms with E-state index in [9.17, 15) is 14.4 Å². The van der Waals surface area contributed by atoms with E-state index in [0.29, 0.717) is 9.88 Å². The van der Waals surface area contributed by atoms with Gasteiger partial charge in [-0.15, -0.1) is 11.3 Å².